The van der Waals surface area contributed by atoms with E-state index in [1.54, 1.807) is 19.2 Å². The first-order chi connectivity index (χ1) is 15.0. The zero-order chi connectivity index (χ0) is 21.8. The van der Waals surface area contributed by atoms with Crippen LogP contribution in [-0.4, -0.2) is 55.3 Å². The number of hydrogen-bond donors (Lipinski definition) is 2. The van der Waals surface area contributed by atoms with Crippen LogP contribution < -0.4 is 10.6 Å². The lowest BCUT2D eigenvalue weighted by Gasteiger charge is -2.21. The Morgan fingerprint density at radius 1 is 1.19 bits per heavy atom. The Bertz CT molecular complexity index is 1070. The number of para-hydroxylation sites is 1. The molecule has 162 valence electrons. The third-order valence-corrected chi connectivity index (χ3v) is 5.76. The number of methoxy groups -OCH3 is 1. The molecule has 2 atom stereocenters. The highest BCUT2D eigenvalue weighted by Gasteiger charge is 2.34. The van der Waals surface area contributed by atoms with Crippen LogP contribution in [0.4, 0.5) is 14.9 Å². The number of aromatic nitrogens is 1. The predicted octanol–water partition coefficient (Wildman–Crippen LogP) is 3.92. The maximum Gasteiger partial charge on any atom is 0.319 e. The van der Waals surface area contributed by atoms with Crippen LogP contribution in [0.15, 0.2) is 54.6 Å². The highest BCUT2D eigenvalue weighted by atomic mass is 19.1. The van der Waals surface area contributed by atoms with Gasteiger partial charge in [0.2, 0.25) is 0 Å². The fourth-order valence-electron chi connectivity index (χ4n) is 4.18. The molecule has 4 rings (SSSR count). The zero-order valence-corrected chi connectivity index (χ0v) is 17.8. The van der Waals surface area contributed by atoms with Gasteiger partial charge < -0.3 is 15.4 Å². The van der Waals surface area contributed by atoms with E-state index in [4.69, 9.17) is 4.74 Å². The summed E-state index contributed by atoms with van der Waals surface area (Å²) in [5, 5.41) is 7.00. The van der Waals surface area contributed by atoms with Crippen molar-refractivity contribution in [3.05, 3.63) is 71.7 Å². The van der Waals surface area contributed by atoms with Crippen molar-refractivity contribution in [3.8, 4) is 0 Å². The molecule has 0 bridgehead atoms. The molecule has 2 aromatic carbocycles. The molecule has 2 heterocycles. The summed E-state index contributed by atoms with van der Waals surface area (Å²) in [4.78, 5) is 19.7. The van der Waals surface area contributed by atoms with Crippen LogP contribution in [0.2, 0.25) is 0 Å². The molecular weight excluding hydrogens is 395 g/mol. The Labute approximate surface area is 181 Å². The second-order valence-corrected chi connectivity index (χ2v) is 7.93. The van der Waals surface area contributed by atoms with E-state index in [-0.39, 0.29) is 23.8 Å². The van der Waals surface area contributed by atoms with Gasteiger partial charge >= 0.3 is 6.03 Å². The number of halogens is 1. The van der Waals surface area contributed by atoms with E-state index in [0.717, 1.165) is 35.2 Å². The largest absolute Gasteiger partial charge is 0.383 e. The number of amides is 2. The van der Waals surface area contributed by atoms with Crippen molar-refractivity contribution in [1.82, 2.24) is 15.2 Å². The number of urea groups is 1. The Hall–Kier alpha value is -3.03. The SMILES string of the molecule is COCCN1CC(c2cccc(F)c2)[C@H](NC(=O)Nc2cc3ccccc3nc2C)C1. The number of fused-ring (bicyclic) bond motifs is 1. The number of likely N-dealkylation sites (tertiary alicyclic amines) is 1. The Morgan fingerprint density at radius 2 is 2.03 bits per heavy atom. The number of carbonyl (C=O) groups is 1. The van der Waals surface area contributed by atoms with Crippen LogP contribution in [0.5, 0.6) is 0 Å². The van der Waals surface area contributed by atoms with Gasteiger partial charge in [-0.1, -0.05) is 30.3 Å². The molecule has 0 aliphatic carbocycles. The molecule has 0 saturated carbocycles. The summed E-state index contributed by atoms with van der Waals surface area (Å²) in [5.74, 6) is -0.275. The second kappa shape index (κ2) is 9.41. The molecule has 31 heavy (non-hydrogen) atoms. The van der Waals surface area contributed by atoms with Gasteiger partial charge in [0, 0.05) is 38.0 Å². The van der Waals surface area contributed by atoms with E-state index < -0.39 is 0 Å². The Balaban J connectivity index is 1.50. The molecule has 3 aromatic rings. The van der Waals surface area contributed by atoms with Crippen molar-refractivity contribution in [2.75, 3.05) is 38.7 Å². The van der Waals surface area contributed by atoms with Crippen molar-refractivity contribution >= 4 is 22.6 Å². The minimum Gasteiger partial charge on any atom is -0.383 e. The van der Waals surface area contributed by atoms with Crippen molar-refractivity contribution in [2.45, 2.75) is 18.9 Å². The standard InChI is InChI=1S/C24H27FN4O2/c1-16-22(13-18-6-3-4-9-21(18)26-16)27-24(30)28-23-15-29(10-11-31-2)14-20(23)17-7-5-8-19(25)12-17/h3-9,12-13,20,23H,10-11,14-15H2,1-2H3,(H2,27,28,30)/t20?,23-/m1/s1. The van der Waals surface area contributed by atoms with E-state index in [2.05, 4.69) is 20.5 Å². The maximum absolute atomic E-state index is 13.8. The molecule has 7 heteroatoms. The summed E-state index contributed by atoms with van der Waals surface area (Å²) < 4.78 is 19.0. The van der Waals surface area contributed by atoms with Gasteiger partial charge in [-0.05, 0) is 36.8 Å². The normalized spacial score (nSPS) is 18.9. The zero-order valence-electron chi connectivity index (χ0n) is 17.8. The molecule has 1 saturated heterocycles. The van der Waals surface area contributed by atoms with E-state index >= 15 is 0 Å². The van der Waals surface area contributed by atoms with Crippen LogP contribution in [0, 0.1) is 12.7 Å². The van der Waals surface area contributed by atoms with Crippen LogP contribution in [0.1, 0.15) is 17.2 Å². The molecule has 2 amide bonds. The molecule has 6 nitrogen and oxygen atoms in total. The maximum atomic E-state index is 13.8. The summed E-state index contributed by atoms with van der Waals surface area (Å²) >= 11 is 0. The van der Waals surface area contributed by atoms with Crippen molar-refractivity contribution in [2.24, 2.45) is 0 Å². The molecule has 1 aliphatic heterocycles. The third kappa shape index (κ3) is 5.00. The van der Waals surface area contributed by atoms with E-state index in [9.17, 15) is 9.18 Å². The second-order valence-electron chi connectivity index (χ2n) is 7.93. The first-order valence-corrected chi connectivity index (χ1v) is 10.4. The van der Waals surface area contributed by atoms with Gasteiger partial charge in [0.05, 0.1) is 29.5 Å². The van der Waals surface area contributed by atoms with Gasteiger partial charge in [-0.3, -0.25) is 9.88 Å². The number of nitrogens with one attached hydrogen (secondary N) is 2. The van der Waals surface area contributed by atoms with Gasteiger partial charge in [0.1, 0.15) is 5.82 Å². The van der Waals surface area contributed by atoms with Crippen molar-refractivity contribution < 1.29 is 13.9 Å². The summed E-state index contributed by atoms with van der Waals surface area (Å²) in [6, 6.07) is 15.9. The van der Waals surface area contributed by atoms with Crippen LogP contribution in [0.25, 0.3) is 10.9 Å². The number of benzene rings is 2. The van der Waals surface area contributed by atoms with Gasteiger partial charge in [0.15, 0.2) is 0 Å². The third-order valence-electron chi connectivity index (χ3n) is 5.76. The fourth-order valence-corrected chi connectivity index (χ4v) is 4.18. The summed E-state index contributed by atoms with van der Waals surface area (Å²) in [6.07, 6.45) is 0. The topological polar surface area (TPSA) is 66.5 Å². The average molecular weight is 423 g/mol. The Kier molecular flexibility index (Phi) is 6.44. The van der Waals surface area contributed by atoms with Gasteiger partial charge in [0.25, 0.3) is 0 Å². The summed E-state index contributed by atoms with van der Waals surface area (Å²) in [6.45, 7) is 4.65. The first-order valence-electron chi connectivity index (χ1n) is 10.4. The lowest BCUT2D eigenvalue weighted by atomic mass is 9.94. The van der Waals surface area contributed by atoms with Crippen LogP contribution in [-0.2, 0) is 4.74 Å². The number of hydrogen-bond acceptors (Lipinski definition) is 4. The first kappa shape index (κ1) is 21.2. The van der Waals surface area contributed by atoms with Crippen molar-refractivity contribution in [1.29, 1.82) is 0 Å². The number of rotatable bonds is 6. The molecular formula is C24H27FN4O2. The van der Waals surface area contributed by atoms with Gasteiger partial charge in [-0.15, -0.1) is 0 Å². The molecule has 1 aromatic heterocycles. The molecule has 2 N–H and O–H groups in total. The number of carbonyl (C=O) groups excluding carboxylic acids is 1. The number of aryl methyl sites for hydroxylation is 1. The number of pyridine rings is 1. The minimum atomic E-state index is -0.292. The lowest BCUT2D eigenvalue weighted by Crippen LogP contribution is -2.42. The van der Waals surface area contributed by atoms with E-state index in [1.165, 1.54) is 6.07 Å². The lowest BCUT2D eigenvalue weighted by molar-refractivity contribution is 0.159. The quantitative estimate of drug-likeness (QED) is 0.632. The van der Waals surface area contributed by atoms with E-state index in [0.29, 0.717) is 18.8 Å². The smallest absolute Gasteiger partial charge is 0.319 e. The molecule has 1 aliphatic rings. The Morgan fingerprint density at radius 3 is 2.84 bits per heavy atom. The fraction of sp³-hybridized carbons (Fsp3) is 0.333. The molecule has 1 unspecified atom stereocenters. The highest BCUT2D eigenvalue weighted by Crippen LogP contribution is 2.28. The number of anilines is 1. The van der Waals surface area contributed by atoms with Crippen LogP contribution in [0.3, 0.4) is 0 Å². The van der Waals surface area contributed by atoms with Gasteiger partial charge in [-0.25, -0.2) is 9.18 Å². The van der Waals surface area contributed by atoms with Crippen LogP contribution >= 0.6 is 0 Å². The highest BCUT2D eigenvalue weighted by molar-refractivity contribution is 5.93. The molecule has 1 fully saturated rings. The minimum absolute atomic E-state index is 0.00543. The van der Waals surface area contributed by atoms with E-state index in [1.807, 2.05) is 43.3 Å². The summed E-state index contributed by atoms with van der Waals surface area (Å²) in [5.41, 5.74) is 3.20. The molecule has 0 spiro atoms. The van der Waals surface area contributed by atoms with Gasteiger partial charge in [-0.2, -0.15) is 0 Å². The number of ether oxygens (including phenoxy) is 1. The van der Waals surface area contributed by atoms with Crippen molar-refractivity contribution in [3.63, 3.8) is 0 Å². The average Bonchev–Trinajstić information content (AvgIpc) is 3.15. The monoisotopic (exact) mass is 422 g/mol. The molecule has 0 radical (unpaired) electrons. The summed E-state index contributed by atoms with van der Waals surface area (Å²) in [7, 11) is 1.67. The predicted molar refractivity (Wildman–Crippen MR) is 120 cm³/mol. The number of nitrogens with zero attached hydrogens (tertiary/aromatic N) is 2.